The molecule has 190 valence electrons. The third kappa shape index (κ3) is 5.53. The van der Waals surface area contributed by atoms with E-state index in [1.165, 1.54) is 17.7 Å². The van der Waals surface area contributed by atoms with Gasteiger partial charge in [-0.2, -0.15) is 0 Å². The first kappa shape index (κ1) is 25.6. The lowest BCUT2D eigenvalue weighted by Gasteiger charge is -2.19. The highest BCUT2D eigenvalue weighted by Gasteiger charge is 2.26. The molecule has 0 aliphatic carbocycles. The SMILES string of the molecule is COC(=O)c1cc(-c2cn(C(=O)OC(C)(C)C)c3ccccc23)c(C(=O)OCc2ccccc2)c(C)n1. The van der Waals surface area contributed by atoms with E-state index in [-0.39, 0.29) is 17.9 Å². The minimum absolute atomic E-state index is 0.0312. The van der Waals surface area contributed by atoms with Crippen molar-refractivity contribution in [2.24, 2.45) is 0 Å². The zero-order valence-electron chi connectivity index (χ0n) is 21.4. The summed E-state index contributed by atoms with van der Waals surface area (Å²) in [7, 11) is 1.26. The van der Waals surface area contributed by atoms with Crippen LogP contribution >= 0.6 is 0 Å². The Kier molecular flexibility index (Phi) is 7.11. The first-order valence-electron chi connectivity index (χ1n) is 11.7. The third-order valence-electron chi connectivity index (χ3n) is 5.60. The first-order chi connectivity index (χ1) is 17.6. The number of ether oxygens (including phenoxy) is 3. The van der Waals surface area contributed by atoms with Gasteiger partial charge in [-0.3, -0.25) is 4.57 Å². The number of rotatable bonds is 5. The number of methoxy groups -OCH3 is 1. The number of carbonyl (C=O) groups is 3. The third-order valence-corrected chi connectivity index (χ3v) is 5.60. The van der Waals surface area contributed by atoms with Gasteiger partial charge in [0.25, 0.3) is 0 Å². The summed E-state index contributed by atoms with van der Waals surface area (Å²) in [6, 6.07) is 18.0. The molecule has 2 aromatic carbocycles. The zero-order chi connectivity index (χ0) is 26.7. The van der Waals surface area contributed by atoms with Gasteiger partial charge in [-0.1, -0.05) is 48.5 Å². The lowest BCUT2D eigenvalue weighted by Crippen LogP contribution is -2.26. The van der Waals surface area contributed by atoms with Crippen LogP contribution < -0.4 is 0 Å². The number of pyridine rings is 1. The van der Waals surface area contributed by atoms with Gasteiger partial charge < -0.3 is 14.2 Å². The second-order valence-corrected chi connectivity index (χ2v) is 9.48. The van der Waals surface area contributed by atoms with Crippen molar-refractivity contribution >= 4 is 28.9 Å². The Hall–Kier alpha value is -4.46. The van der Waals surface area contributed by atoms with E-state index < -0.39 is 23.6 Å². The number of hydrogen-bond donors (Lipinski definition) is 0. The normalized spacial score (nSPS) is 11.3. The van der Waals surface area contributed by atoms with Crippen LogP contribution in [0.5, 0.6) is 0 Å². The number of aromatic nitrogens is 2. The van der Waals surface area contributed by atoms with Gasteiger partial charge in [-0.05, 0) is 45.4 Å². The number of aryl methyl sites for hydroxylation is 1. The van der Waals surface area contributed by atoms with Gasteiger partial charge in [0.2, 0.25) is 0 Å². The fraction of sp³-hybridized carbons (Fsp3) is 0.241. The highest BCUT2D eigenvalue weighted by Crippen LogP contribution is 2.35. The highest BCUT2D eigenvalue weighted by molar-refractivity contribution is 6.07. The minimum Gasteiger partial charge on any atom is -0.464 e. The van der Waals surface area contributed by atoms with Crippen LogP contribution in [0.1, 0.15) is 52.9 Å². The molecule has 0 amide bonds. The second-order valence-electron chi connectivity index (χ2n) is 9.48. The fourth-order valence-corrected chi connectivity index (χ4v) is 4.00. The number of fused-ring (bicyclic) bond motifs is 1. The monoisotopic (exact) mass is 500 g/mol. The first-order valence-corrected chi connectivity index (χ1v) is 11.7. The maximum Gasteiger partial charge on any atom is 0.419 e. The maximum absolute atomic E-state index is 13.4. The van der Waals surface area contributed by atoms with Crippen molar-refractivity contribution in [1.29, 1.82) is 0 Å². The van der Waals surface area contributed by atoms with Crippen molar-refractivity contribution in [3.8, 4) is 11.1 Å². The predicted octanol–water partition coefficient (Wildman–Crippen LogP) is 5.94. The largest absolute Gasteiger partial charge is 0.464 e. The summed E-state index contributed by atoms with van der Waals surface area (Å²) in [5.41, 5.74) is 2.17. The van der Waals surface area contributed by atoms with E-state index in [1.807, 2.05) is 42.5 Å². The lowest BCUT2D eigenvalue weighted by atomic mass is 9.97. The van der Waals surface area contributed by atoms with Gasteiger partial charge in [-0.15, -0.1) is 0 Å². The van der Waals surface area contributed by atoms with E-state index >= 15 is 0 Å². The van der Waals surface area contributed by atoms with Crippen LogP contribution in [-0.4, -0.2) is 40.3 Å². The van der Waals surface area contributed by atoms with E-state index in [0.717, 1.165) is 5.56 Å². The second kappa shape index (κ2) is 10.3. The van der Waals surface area contributed by atoms with Crippen molar-refractivity contribution in [2.75, 3.05) is 7.11 Å². The molecule has 0 aliphatic rings. The van der Waals surface area contributed by atoms with Gasteiger partial charge >= 0.3 is 18.0 Å². The molecule has 0 aliphatic heterocycles. The van der Waals surface area contributed by atoms with Crippen LogP contribution in [-0.2, 0) is 20.8 Å². The number of benzene rings is 2. The Bertz CT molecular complexity index is 1480. The van der Waals surface area contributed by atoms with Gasteiger partial charge in [0.15, 0.2) is 0 Å². The molecule has 0 bridgehead atoms. The number of esters is 2. The molecule has 4 rings (SSSR count). The quantitative estimate of drug-likeness (QED) is 0.247. The molecule has 2 heterocycles. The standard InChI is InChI=1S/C29H28N2O6/c1-18-25(27(33)36-17-19-11-7-6-8-12-19)21(15-23(30-18)26(32)35-5)22-16-31(28(34)37-29(2,3)4)24-14-10-9-13-20(22)24/h6-16H,17H2,1-5H3. The molecule has 0 radical (unpaired) electrons. The van der Waals surface area contributed by atoms with Crippen molar-refractivity contribution in [2.45, 2.75) is 39.9 Å². The van der Waals surface area contributed by atoms with Crippen LogP contribution in [0.25, 0.3) is 22.0 Å². The van der Waals surface area contributed by atoms with Gasteiger partial charge in [0, 0.05) is 22.7 Å². The fourth-order valence-electron chi connectivity index (χ4n) is 4.00. The average Bonchev–Trinajstić information content (AvgIpc) is 3.26. The van der Waals surface area contributed by atoms with Crippen LogP contribution in [0.4, 0.5) is 4.79 Å². The molecule has 8 nitrogen and oxygen atoms in total. The molecule has 0 N–H and O–H groups in total. The topological polar surface area (TPSA) is 96.7 Å². The Morgan fingerprint density at radius 3 is 2.27 bits per heavy atom. The molecule has 2 aromatic heterocycles. The molecular formula is C29H28N2O6. The Balaban J connectivity index is 1.88. The Morgan fingerprint density at radius 2 is 1.59 bits per heavy atom. The predicted molar refractivity (Wildman–Crippen MR) is 138 cm³/mol. The summed E-state index contributed by atoms with van der Waals surface area (Å²) in [6.07, 6.45) is 1.03. The van der Waals surface area contributed by atoms with Crippen LogP contribution in [0, 0.1) is 6.92 Å². The number of nitrogens with zero attached hydrogens (tertiary/aromatic N) is 2. The molecular weight excluding hydrogens is 472 g/mol. The summed E-state index contributed by atoms with van der Waals surface area (Å²) in [5, 5.41) is 0.687. The zero-order valence-corrected chi connectivity index (χ0v) is 21.4. The molecule has 4 aromatic rings. The summed E-state index contributed by atoms with van der Waals surface area (Å²) in [4.78, 5) is 43.1. The van der Waals surface area contributed by atoms with Crippen LogP contribution in [0.2, 0.25) is 0 Å². The molecule has 8 heteroatoms. The van der Waals surface area contributed by atoms with Crippen LogP contribution in [0.3, 0.4) is 0 Å². The number of hydrogen-bond acceptors (Lipinski definition) is 7. The smallest absolute Gasteiger partial charge is 0.419 e. The Labute approximate surface area is 214 Å². The van der Waals surface area contributed by atoms with E-state index in [4.69, 9.17) is 14.2 Å². The number of carbonyl (C=O) groups excluding carboxylic acids is 3. The average molecular weight is 501 g/mol. The van der Waals surface area contributed by atoms with Gasteiger partial charge in [-0.25, -0.2) is 19.4 Å². The lowest BCUT2D eigenvalue weighted by molar-refractivity contribution is 0.0469. The molecule has 0 atom stereocenters. The minimum atomic E-state index is -0.708. The summed E-state index contributed by atoms with van der Waals surface area (Å²) in [5.74, 6) is -1.25. The number of para-hydroxylation sites is 1. The van der Waals surface area contributed by atoms with E-state index in [9.17, 15) is 14.4 Å². The highest BCUT2D eigenvalue weighted by atomic mass is 16.6. The van der Waals surface area contributed by atoms with Crippen molar-refractivity contribution in [3.05, 3.63) is 89.4 Å². The van der Waals surface area contributed by atoms with E-state index in [0.29, 0.717) is 27.7 Å². The maximum atomic E-state index is 13.4. The molecule has 0 saturated heterocycles. The van der Waals surface area contributed by atoms with Crippen molar-refractivity contribution in [3.63, 3.8) is 0 Å². The van der Waals surface area contributed by atoms with E-state index in [2.05, 4.69) is 4.98 Å². The Morgan fingerprint density at radius 1 is 0.919 bits per heavy atom. The van der Waals surface area contributed by atoms with Crippen LogP contribution in [0.15, 0.2) is 66.9 Å². The summed E-state index contributed by atoms with van der Waals surface area (Å²) < 4.78 is 17.5. The summed E-state index contributed by atoms with van der Waals surface area (Å²) in [6.45, 7) is 7.05. The van der Waals surface area contributed by atoms with Crippen molar-refractivity contribution in [1.82, 2.24) is 9.55 Å². The molecule has 0 unspecified atom stereocenters. The molecule has 37 heavy (non-hydrogen) atoms. The molecule has 0 spiro atoms. The van der Waals surface area contributed by atoms with E-state index in [1.54, 1.807) is 46.0 Å². The summed E-state index contributed by atoms with van der Waals surface area (Å²) >= 11 is 0. The molecule has 0 fully saturated rings. The van der Waals surface area contributed by atoms with Gasteiger partial charge in [0.05, 0.1) is 23.9 Å². The van der Waals surface area contributed by atoms with Crippen molar-refractivity contribution < 1.29 is 28.6 Å². The van der Waals surface area contributed by atoms with Gasteiger partial charge in [0.1, 0.15) is 17.9 Å². The molecule has 0 saturated carbocycles.